The molecule has 0 fully saturated rings. The summed E-state index contributed by atoms with van der Waals surface area (Å²) in [6, 6.07) is 1.58. The second-order valence-electron chi connectivity index (χ2n) is 2.79. The van der Waals surface area contributed by atoms with Gasteiger partial charge in [0.05, 0.1) is 19.4 Å². The van der Waals surface area contributed by atoms with Crippen LogP contribution in [-0.4, -0.2) is 24.7 Å². The summed E-state index contributed by atoms with van der Waals surface area (Å²) < 4.78 is 9.54. The first-order chi connectivity index (χ1) is 7.67. The second kappa shape index (κ2) is 5.61. The molecule has 1 heterocycles. The first kappa shape index (κ1) is 11.9. The van der Waals surface area contributed by atoms with Crippen molar-refractivity contribution in [2.45, 2.75) is 6.92 Å². The first-order valence-electron chi connectivity index (χ1n) is 4.65. The van der Waals surface area contributed by atoms with Crippen molar-refractivity contribution in [3.8, 4) is 17.7 Å². The van der Waals surface area contributed by atoms with Gasteiger partial charge in [0, 0.05) is 17.7 Å². The molecule has 0 aliphatic rings. The summed E-state index contributed by atoms with van der Waals surface area (Å²) in [4.78, 5) is 14.9. The van der Waals surface area contributed by atoms with Crippen LogP contribution >= 0.6 is 0 Å². The second-order valence-corrected chi connectivity index (χ2v) is 2.79. The molecule has 84 valence electrons. The summed E-state index contributed by atoms with van der Waals surface area (Å²) in [5, 5.41) is 0. The molecule has 1 rings (SSSR count). The van der Waals surface area contributed by atoms with Crippen molar-refractivity contribution in [1.29, 1.82) is 0 Å². The third-order valence-corrected chi connectivity index (χ3v) is 1.66. The van der Waals surface area contributed by atoms with E-state index in [0.29, 0.717) is 23.7 Å². The largest absolute Gasteiger partial charge is 0.480 e. The van der Waals surface area contributed by atoms with Crippen LogP contribution in [0.5, 0.6) is 5.88 Å². The average molecular weight is 220 g/mol. The lowest BCUT2D eigenvalue weighted by Crippen LogP contribution is -2.00. The van der Waals surface area contributed by atoms with E-state index in [-0.39, 0.29) is 0 Å². The molecule has 2 N–H and O–H groups in total. The molecule has 16 heavy (non-hydrogen) atoms. The molecule has 0 aliphatic heterocycles. The van der Waals surface area contributed by atoms with Gasteiger partial charge in [0.2, 0.25) is 5.88 Å². The standard InChI is InChI=1S/C11H12N2O3/c1-3-16-10(14)5-4-8-6-9(12)11(15-2)13-7-8/h6-7H,3,12H2,1-2H3. The van der Waals surface area contributed by atoms with Gasteiger partial charge in [-0.25, -0.2) is 9.78 Å². The summed E-state index contributed by atoms with van der Waals surface area (Å²) in [5.74, 6) is 4.68. The van der Waals surface area contributed by atoms with Crippen LogP contribution in [0.25, 0.3) is 0 Å². The van der Waals surface area contributed by atoms with Gasteiger partial charge in [-0.2, -0.15) is 0 Å². The maximum absolute atomic E-state index is 11.0. The molecular formula is C11H12N2O3. The zero-order valence-electron chi connectivity index (χ0n) is 9.11. The third kappa shape index (κ3) is 3.17. The molecule has 5 nitrogen and oxygen atoms in total. The molecule has 0 atom stereocenters. The summed E-state index contributed by atoms with van der Waals surface area (Å²) in [7, 11) is 1.47. The predicted molar refractivity (Wildman–Crippen MR) is 58.7 cm³/mol. The fraction of sp³-hybridized carbons (Fsp3) is 0.273. The molecule has 0 saturated heterocycles. The van der Waals surface area contributed by atoms with E-state index in [1.807, 2.05) is 0 Å². The normalized spacial score (nSPS) is 8.88. The van der Waals surface area contributed by atoms with Crippen LogP contribution in [-0.2, 0) is 9.53 Å². The lowest BCUT2D eigenvalue weighted by Gasteiger charge is -2.01. The van der Waals surface area contributed by atoms with E-state index in [2.05, 4.69) is 21.6 Å². The Labute approximate surface area is 93.6 Å². The Bertz CT molecular complexity index is 446. The number of nitrogens with zero attached hydrogens (tertiary/aromatic N) is 1. The number of methoxy groups -OCH3 is 1. The van der Waals surface area contributed by atoms with Crippen LogP contribution in [0.4, 0.5) is 5.69 Å². The Morgan fingerprint density at radius 3 is 2.94 bits per heavy atom. The molecule has 0 saturated carbocycles. The topological polar surface area (TPSA) is 74.4 Å². The minimum absolute atomic E-state index is 0.302. The van der Waals surface area contributed by atoms with Gasteiger partial charge >= 0.3 is 5.97 Å². The summed E-state index contributed by atoms with van der Waals surface area (Å²) in [6.07, 6.45) is 1.47. The van der Waals surface area contributed by atoms with E-state index in [0.717, 1.165) is 0 Å². The molecule has 0 spiro atoms. The number of nitrogen functional groups attached to an aromatic ring is 1. The van der Waals surface area contributed by atoms with Gasteiger partial charge in [0.1, 0.15) is 0 Å². The lowest BCUT2D eigenvalue weighted by atomic mass is 10.2. The fourth-order valence-corrected chi connectivity index (χ4v) is 0.999. The van der Waals surface area contributed by atoms with Crippen LogP contribution in [0.1, 0.15) is 12.5 Å². The van der Waals surface area contributed by atoms with E-state index in [9.17, 15) is 4.79 Å². The number of rotatable bonds is 2. The fourth-order valence-electron chi connectivity index (χ4n) is 0.999. The van der Waals surface area contributed by atoms with Crippen molar-refractivity contribution in [1.82, 2.24) is 4.98 Å². The van der Waals surface area contributed by atoms with Crippen LogP contribution in [0.15, 0.2) is 12.3 Å². The molecule has 0 aromatic carbocycles. The monoisotopic (exact) mass is 220 g/mol. The minimum atomic E-state index is -0.572. The molecule has 1 aromatic rings. The zero-order valence-corrected chi connectivity index (χ0v) is 9.11. The van der Waals surface area contributed by atoms with E-state index in [4.69, 9.17) is 10.5 Å². The molecule has 0 bridgehead atoms. The van der Waals surface area contributed by atoms with Gasteiger partial charge in [0.25, 0.3) is 0 Å². The van der Waals surface area contributed by atoms with E-state index >= 15 is 0 Å². The summed E-state index contributed by atoms with van der Waals surface area (Å²) in [6.45, 7) is 2.02. The third-order valence-electron chi connectivity index (χ3n) is 1.66. The van der Waals surface area contributed by atoms with Crippen molar-refractivity contribution in [3.05, 3.63) is 17.8 Å². The van der Waals surface area contributed by atoms with E-state index < -0.39 is 5.97 Å². The number of hydrogen-bond acceptors (Lipinski definition) is 5. The number of hydrogen-bond donors (Lipinski definition) is 1. The minimum Gasteiger partial charge on any atom is -0.480 e. The van der Waals surface area contributed by atoms with Crippen molar-refractivity contribution in [3.63, 3.8) is 0 Å². The van der Waals surface area contributed by atoms with E-state index in [1.165, 1.54) is 13.3 Å². The number of pyridine rings is 1. The highest BCUT2D eigenvalue weighted by molar-refractivity contribution is 5.89. The Balaban J connectivity index is 2.82. The molecule has 0 amide bonds. The first-order valence-corrected chi connectivity index (χ1v) is 4.65. The molecule has 0 unspecified atom stereocenters. The van der Waals surface area contributed by atoms with Crippen LogP contribution < -0.4 is 10.5 Å². The summed E-state index contributed by atoms with van der Waals surface area (Å²) in [5.41, 5.74) is 6.53. The highest BCUT2D eigenvalue weighted by Gasteiger charge is 2.00. The van der Waals surface area contributed by atoms with Gasteiger partial charge in [-0.3, -0.25) is 0 Å². The maximum atomic E-state index is 11.0. The zero-order chi connectivity index (χ0) is 12.0. The van der Waals surface area contributed by atoms with Gasteiger partial charge in [-0.05, 0) is 13.0 Å². The van der Waals surface area contributed by atoms with Gasteiger partial charge < -0.3 is 15.2 Å². The number of aromatic nitrogens is 1. The predicted octanol–water partition coefficient (Wildman–Crippen LogP) is 0.587. The van der Waals surface area contributed by atoms with Crippen LogP contribution in [0.2, 0.25) is 0 Å². The van der Waals surface area contributed by atoms with Crippen LogP contribution in [0, 0.1) is 11.8 Å². The molecular weight excluding hydrogens is 208 g/mol. The average Bonchev–Trinajstić information content (AvgIpc) is 2.27. The number of ether oxygens (including phenoxy) is 2. The lowest BCUT2D eigenvalue weighted by molar-refractivity contribution is -0.136. The van der Waals surface area contributed by atoms with Crippen molar-refractivity contribution in [2.75, 3.05) is 19.5 Å². The number of esters is 1. The highest BCUT2D eigenvalue weighted by Crippen LogP contribution is 2.17. The van der Waals surface area contributed by atoms with E-state index in [1.54, 1.807) is 13.0 Å². The highest BCUT2D eigenvalue weighted by atomic mass is 16.5. The SMILES string of the molecule is CCOC(=O)C#Cc1cnc(OC)c(N)c1. The van der Waals surface area contributed by atoms with Crippen molar-refractivity contribution < 1.29 is 14.3 Å². The smallest absolute Gasteiger partial charge is 0.384 e. The van der Waals surface area contributed by atoms with Gasteiger partial charge in [-0.15, -0.1) is 0 Å². The quantitative estimate of drug-likeness (QED) is 0.583. The van der Waals surface area contributed by atoms with Crippen molar-refractivity contribution >= 4 is 11.7 Å². The molecule has 0 radical (unpaired) electrons. The van der Waals surface area contributed by atoms with Gasteiger partial charge in [0.15, 0.2) is 0 Å². The van der Waals surface area contributed by atoms with Gasteiger partial charge in [-0.1, -0.05) is 5.92 Å². The Kier molecular flexibility index (Phi) is 4.16. The van der Waals surface area contributed by atoms with Crippen molar-refractivity contribution in [2.24, 2.45) is 0 Å². The molecule has 1 aromatic heterocycles. The Morgan fingerprint density at radius 2 is 2.38 bits per heavy atom. The number of carbonyl (C=O) groups is 1. The Morgan fingerprint density at radius 1 is 1.62 bits per heavy atom. The summed E-state index contributed by atoms with van der Waals surface area (Å²) >= 11 is 0. The van der Waals surface area contributed by atoms with Crippen LogP contribution in [0.3, 0.4) is 0 Å². The number of carbonyl (C=O) groups excluding carboxylic acids is 1. The number of nitrogens with two attached hydrogens (primary N) is 1. The Hall–Kier alpha value is -2.22. The molecule has 5 heteroatoms. The molecule has 0 aliphatic carbocycles. The number of anilines is 1. The maximum Gasteiger partial charge on any atom is 0.384 e.